The fourth-order valence-electron chi connectivity index (χ4n) is 1.72. The summed E-state index contributed by atoms with van der Waals surface area (Å²) in [4.78, 5) is 11.6. The fraction of sp³-hybridized carbons (Fsp3) is 0.500. The number of benzene rings is 1. The average molecular weight is 234 g/mol. The summed E-state index contributed by atoms with van der Waals surface area (Å²) in [6.07, 6.45) is 1.58. The maximum Gasteiger partial charge on any atom is 0.236 e. The number of hydrogen-bond donors (Lipinski definition) is 2. The monoisotopic (exact) mass is 234 g/mol. The van der Waals surface area contributed by atoms with Crippen molar-refractivity contribution in [1.29, 1.82) is 0 Å². The van der Waals surface area contributed by atoms with E-state index in [4.69, 9.17) is 5.73 Å². The second-order valence-corrected chi connectivity index (χ2v) is 4.76. The zero-order valence-electron chi connectivity index (χ0n) is 10.6. The maximum absolute atomic E-state index is 11.6. The highest BCUT2D eigenvalue weighted by molar-refractivity contribution is 5.81. The van der Waals surface area contributed by atoms with E-state index >= 15 is 0 Å². The number of rotatable bonds is 6. The first-order valence-electron chi connectivity index (χ1n) is 6.17. The molecule has 0 spiro atoms. The van der Waals surface area contributed by atoms with Gasteiger partial charge in [0.25, 0.3) is 0 Å². The number of carbonyl (C=O) groups is 1. The highest BCUT2D eigenvalue weighted by Gasteiger charge is 2.13. The predicted molar refractivity (Wildman–Crippen MR) is 70.6 cm³/mol. The van der Waals surface area contributed by atoms with Gasteiger partial charge in [-0.2, -0.15) is 0 Å². The Kier molecular flexibility index (Phi) is 5.70. The van der Waals surface area contributed by atoms with Crippen LogP contribution < -0.4 is 11.1 Å². The molecular weight excluding hydrogens is 212 g/mol. The van der Waals surface area contributed by atoms with Gasteiger partial charge in [0.15, 0.2) is 0 Å². The molecule has 3 heteroatoms. The van der Waals surface area contributed by atoms with Crippen molar-refractivity contribution >= 4 is 5.91 Å². The third-order valence-electron chi connectivity index (χ3n) is 2.62. The molecule has 0 aliphatic carbocycles. The molecule has 0 aliphatic rings. The average Bonchev–Trinajstić information content (AvgIpc) is 2.29. The highest BCUT2D eigenvalue weighted by atomic mass is 16.2. The Hall–Kier alpha value is -1.35. The van der Waals surface area contributed by atoms with E-state index in [2.05, 4.69) is 31.3 Å². The number of hydrogen-bond acceptors (Lipinski definition) is 2. The SMILES string of the molecule is CC(C)CC(N)C(=O)NCCc1ccccc1. The summed E-state index contributed by atoms with van der Waals surface area (Å²) in [7, 11) is 0. The first-order chi connectivity index (χ1) is 8.09. The Morgan fingerprint density at radius 1 is 1.29 bits per heavy atom. The lowest BCUT2D eigenvalue weighted by molar-refractivity contribution is -0.122. The smallest absolute Gasteiger partial charge is 0.236 e. The van der Waals surface area contributed by atoms with Gasteiger partial charge < -0.3 is 11.1 Å². The van der Waals surface area contributed by atoms with Gasteiger partial charge in [-0.3, -0.25) is 4.79 Å². The van der Waals surface area contributed by atoms with Crippen molar-refractivity contribution in [3.8, 4) is 0 Å². The van der Waals surface area contributed by atoms with Crippen molar-refractivity contribution in [2.24, 2.45) is 11.7 Å². The molecule has 1 unspecified atom stereocenters. The van der Waals surface area contributed by atoms with Crippen LogP contribution in [0.1, 0.15) is 25.8 Å². The summed E-state index contributed by atoms with van der Waals surface area (Å²) in [6, 6.07) is 9.72. The van der Waals surface area contributed by atoms with Crippen molar-refractivity contribution in [2.45, 2.75) is 32.7 Å². The molecule has 3 nitrogen and oxygen atoms in total. The molecule has 3 N–H and O–H groups in total. The van der Waals surface area contributed by atoms with E-state index in [-0.39, 0.29) is 11.9 Å². The van der Waals surface area contributed by atoms with Crippen LogP contribution in [0, 0.1) is 5.92 Å². The third kappa shape index (κ3) is 5.50. The van der Waals surface area contributed by atoms with Crippen LogP contribution in [0.15, 0.2) is 30.3 Å². The van der Waals surface area contributed by atoms with Crippen LogP contribution in [0.25, 0.3) is 0 Å². The van der Waals surface area contributed by atoms with Crippen molar-refractivity contribution in [1.82, 2.24) is 5.32 Å². The van der Waals surface area contributed by atoms with Crippen LogP contribution in [0.2, 0.25) is 0 Å². The minimum Gasteiger partial charge on any atom is -0.354 e. The standard InChI is InChI=1S/C14H22N2O/c1-11(2)10-13(15)14(17)16-9-8-12-6-4-3-5-7-12/h3-7,11,13H,8-10,15H2,1-2H3,(H,16,17). The molecule has 1 atom stereocenters. The molecule has 0 fully saturated rings. The Balaban J connectivity index is 2.24. The van der Waals surface area contributed by atoms with E-state index in [1.807, 2.05) is 18.2 Å². The molecule has 0 aromatic heterocycles. The summed E-state index contributed by atoms with van der Waals surface area (Å²) in [5.41, 5.74) is 7.01. The van der Waals surface area contributed by atoms with E-state index in [1.54, 1.807) is 0 Å². The van der Waals surface area contributed by atoms with Crippen molar-refractivity contribution in [2.75, 3.05) is 6.54 Å². The molecule has 0 bridgehead atoms. The summed E-state index contributed by atoms with van der Waals surface area (Å²) in [5.74, 6) is 0.402. The molecule has 0 aliphatic heterocycles. The van der Waals surface area contributed by atoms with E-state index < -0.39 is 0 Å². The lowest BCUT2D eigenvalue weighted by atomic mass is 10.0. The number of nitrogens with one attached hydrogen (secondary N) is 1. The number of carbonyl (C=O) groups excluding carboxylic acids is 1. The quantitative estimate of drug-likeness (QED) is 0.787. The molecule has 1 aromatic carbocycles. The van der Waals surface area contributed by atoms with Gasteiger partial charge in [-0.05, 0) is 24.3 Å². The largest absolute Gasteiger partial charge is 0.354 e. The van der Waals surface area contributed by atoms with Gasteiger partial charge in [0.05, 0.1) is 6.04 Å². The van der Waals surface area contributed by atoms with Gasteiger partial charge in [-0.25, -0.2) is 0 Å². The van der Waals surface area contributed by atoms with Crippen LogP contribution in [-0.4, -0.2) is 18.5 Å². The molecule has 0 radical (unpaired) electrons. The van der Waals surface area contributed by atoms with Crippen LogP contribution in [0.4, 0.5) is 0 Å². The van der Waals surface area contributed by atoms with E-state index in [0.717, 1.165) is 12.8 Å². The van der Waals surface area contributed by atoms with Gasteiger partial charge in [0.1, 0.15) is 0 Å². The minimum absolute atomic E-state index is 0.0466. The second kappa shape index (κ2) is 7.07. The summed E-state index contributed by atoms with van der Waals surface area (Å²) < 4.78 is 0. The number of nitrogens with two attached hydrogens (primary N) is 1. The molecule has 0 saturated carbocycles. The zero-order chi connectivity index (χ0) is 12.7. The summed E-state index contributed by atoms with van der Waals surface area (Å²) >= 11 is 0. The van der Waals surface area contributed by atoms with Crippen LogP contribution in [0.3, 0.4) is 0 Å². The maximum atomic E-state index is 11.6. The van der Waals surface area contributed by atoms with Gasteiger partial charge in [-0.1, -0.05) is 44.2 Å². The highest BCUT2D eigenvalue weighted by Crippen LogP contribution is 2.03. The third-order valence-corrected chi connectivity index (χ3v) is 2.62. The molecule has 0 saturated heterocycles. The molecule has 17 heavy (non-hydrogen) atoms. The summed E-state index contributed by atoms with van der Waals surface area (Å²) in [6.45, 7) is 4.78. The first-order valence-corrected chi connectivity index (χ1v) is 6.17. The Morgan fingerprint density at radius 2 is 1.94 bits per heavy atom. The van der Waals surface area contributed by atoms with E-state index in [1.165, 1.54) is 5.56 Å². The lowest BCUT2D eigenvalue weighted by Crippen LogP contribution is -2.42. The Labute approximate surface area is 103 Å². The topological polar surface area (TPSA) is 55.1 Å². The number of amides is 1. The lowest BCUT2D eigenvalue weighted by Gasteiger charge is -2.14. The normalized spacial score (nSPS) is 12.5. The van der Waals surface area contributed by atoms with Gasteiger partial charge in [-0.15, -0.1) is 0 Å². The van der Waals surface area contributed by atoms with Crippen LogP contribution >= 0.6 is 0 Å². The molecule has 1 aromatic rings. The summed E-state index contributed by atoms with van der Waals surface area (Å²) in [5, 5.41) is 2.87. The van der Waals surface area contributed by atoms with Gasteiger partial charge in [0, 0.05) is 6.54 Å². The van der Waals surface area contributed by atoms with Gasteiger partial charge >= 0.3 is 0 Å². The minimum atomic E-state index is -0.384. The fourth-order valence-corrected chi connectivity index (χ4v) is 1.72. The molecule has 94 valence electrons. The first kappa shape index (κ1) is 13.7. The molecule has 1 amide bonds. The van der Waals surface area contributed by atoms with E-state index in [9.17, 15) is 4.79 Å². The Morgan fingerprint density at radius 3 is 2.53 bits per heavy atom. The van der Waals surface area contributed by atoms with Crippen molar-refractivity contribution < 1.29 is 4.79 Å². The second-order valence-electron chi connectivity index (χ2n) is 4.76. The van der Waals surface area contributed by atoms with Crippen molar-refractivity contribution in [3.63, 3.8) is 0 Å². The molecule has 0 heterocycles. The predicted octanol–water partition coefficient (Wildman–Crippen LogP) is 1.72. The molecular formula is C14H22N2O. The zero-order valence-corrected chi connectivity index (χ0v) is 10.6. The Bertz CT molecular complexity index is 335. The van der Waals surface area contributed by atoms with E-state index in [0.29, 0.717) is 12.5 Å². The van der Waals surface area contributed by atoms with Crippen molar-refractivity contribution in [3.05, 3.63) is 35.9 Å². The molecule has 1 rings (SSSR count). The van der Waals surface area contributed by atoms with Crippen LogP contribution in [0.5, 0.6) is 0 Å². The van der Waals surface area contributed by atoms with Crippen LogP contribution in [-0.2, 0) is 11.2 Å². The van der Waals surface area contributed by atoms with Gasteiger partial charge in [0.2, 0.25) is 5.91 Å².